The van der Waals surface area contributed by atoms with Gasteiger partial charge >= 0.3 is 6.18 Å². The minimum absolute atomic E-state index is 0.0435. The highest BCUT2D eigenvalue weighted by Crippen LogP contribution is 2.30. The molecule has 2 heterocycles. The Hall–Kier alpha value is -2.36. The molecule has 0 amide bonds. The van der Waals surface area contributed by atoms with Crippen molar-refractivity contribution in [2.45, 2.75) is 18.8 Å². The van der Waals surface area contributed by atoms with Gasteiger partial charge in [-0.05, 0) is 12.1 Å². The predicted octanol–water partition coefficient (Wildman–Crippen LogP) is 3.17. The van der Waals surface area contributed by atoms with Gasteiger partial charge in [0.05, 0.1) is 18.2 Å². The number of aliphatic hydroxyl groups excluding tert-OH is 1. The van der Waals surface area contributed by atoms with E-state index in [1.807, 2.05) is 30.3 Å². The van der Waals surface area contributed by atoms with Crippen molar-refractivity contribution < 1.29 is 23.0 Å². The lowest BCUT2D eigenvalue weighted by Crippen LogP contribution is -2.37. The van der Waals surface area contributed by atoms with Crippen LogP contribution in [0.3, 0.4) is 0 Å². The lowest BCUT2D eigenvalue weighted by atomic mass is 10.1. The molecule has 10 heteroatoms. The monoisotopic (exact) mass is 414 g/mol. The smallest absolute Gasteiger partial charge is 0.435 e. The molecule has 0 saturated carbocycles. The van der Waals surface area contributed by atoms with Gasteiger partial charge in [-0.25, -0.2) is 9.67 Å². The van der Waals surface area contributed by atoms with Gasteiger partial charge in [-0.3, -0.25) is 0 Å². The number of hydrogen-bond acceptors (Lipinski definition) is 5. The standard InChI is InChI=1S/C18H18ClF3N4O2/c1-26-16(7-15(25-26)18(20,21)22)28-10-13(9-27)23-8-12-6-11-4-2-3-5-14(11)24-17(12)19/h2-7,13,23,27H,8-10H2,1H3. The summed E-state index contributed by atoms with van der Waals surface area (Å²) < 4.78 is 44.5. The third-order valence-corrected chi connectivity index (χ3v) is 4.44. The number of benzene rings is 1. The number of aliphatic hydroxyl groups is 1. The van der Waals surface area contributed by atoms with Gasteiger partial charge in [-0.2, -0.15) is 18.3 Å². The SMILES string of the molecule is Cn1nc(C(F)(F)F)cc1OCC(CO)NCc1cc2ccccc2nc1Cl. The summed E-state index contributed by atoms with van der Waals surface area (Å²) in [5, 5.41) is 17.2. The summed E-state index contributed by atoms with van der Waals surface area (Å²) in [7, 11) is 1.35. The molecule has 150 valence electrons. The molecule has 0 aliphatic rings. The van der Waals surface area contributed by atoms with Crippen LogP contribution in [-0.2, 0) is 19.8 Å². The molecule has 1 atom stereocenters. The molecular weight excluding hydrogens is 397 g/mol. The fraction of sp³-hybridized carbons (Fsp3) is 0.333. The van der Waals surface area contributed by atoms with Gasteiger partial charge in [-0.15, -0.1) is 0 Å². The van der Waals surface area contributed by atoms with Crippen molar-refractivity contribution in [1.29, 1.82) is 0 Å². The molecule has 0 aliphatic carbocycles. The van der Waals surface area contributed by atoms with E-state index in [1.54, 1.807) is 0 Å². The van der Waals surface area contributed by atoms with Crippen molar-refractivity contribution in [3.63, 3.8) is 0 Å². The number of nitrogens with zero attached hydrogens (tertiary/aromatic N) is 3. The van der Waals surface area contributed by atoms with Crippen LogP contribution >= 0.6 is 11.6 Å². The van der Waals surface area contributed by atoms with Crippen molar-refractivity contribution in [1.82, 2.24) is 20.1 Å². The molecule has 2 N–H and O–H groups in total. The van der Waals surface area contributed by atoms with E-state index in [0.717, 1.165) is 27.2 Å². The number of aromatic nitrogens is 3. The van der Waals surface area contributed by atoms with E-state index in [1.165, 1.54) is 7.05 Å². The van der Waals surface area contributed by atoms with Crippen LogP contribution in [0.5, 0.6) is 5.88 Å². The third-order valence-electron chi connectivity index (χ3n) is 4.11. The summed E-state index contributed by atoms with van der Waals surface area (Å²) in [5.41, 5.74) is 0.473. The second kappa shape index (κ2) is 8.34. The van der Waals surface area contributed by atoms with Gasteiger partial charge < -0.3 is 15.2 Å². The minimum atomic E-state index is -4.55. The number of alkyl halides is 3. The van der Waals surface area contributed by atoms with Crippen LogP contribution in [0.25, 0.3) is 10.9 Å². The average molecular weight is 415 g/mol. The van der Waals surface area contributed by atoms with E-state index in [-0.39, 0.29) is 19.1 Å². The minimum Gasteiger partial charge on any atom is -0.476 e. The predicted molar refractivity (Wildman–Crippen MR) is 98.2 cm³/mol. The summed E-state index contributed by atoms with van der Waals surface area (Å²) in [5.74, 6) is -0.0435. The molecular formula is C18H18ClF3N4O2. The number of aryl methyl sites for hydroxylation is 1. The molecule has 3 rings (SSSR count). The van der Waals surface area contributed by atoms with E-state index >= 15 is 0 Å². The van der Waals surface area contributed by atoms with Crippen LogP contribution < -0.4 is 10.1 Å². The zero-order valence-corrected chi connectivity index (χ0v) is 15.6. The Kier molecular flexibility index (Phi) is 6.07. The molecule has 3 aromatic rings. The van der Waals surface area contributed by atoms with Crippen LogP contribution in [0.4, 0.5) is 13.2 Å². The Labute approximate surface area is 163 Å². The molecule has 28 heavy (non-hydrogen) atoms. The number of fused-ring (bicyclic) bond motifs is 1. The van der Waals surface area contributed by atoms with Crippen LogP contribution in [0.2, 0.25) is 5.15 Å². The second-order valence-electron chi connectivity index (χ2n) is 6.19. The summed E-state index contributed by atoms with van der Waals surface area (Å²) in [6.07, 6.45) is -4.55. The molecule has 2 aromatic heterocycles. The molecule has 0 aliphatic heterocycles. The molecule has 0 bridgehead atoms. The Bertz CT molecular complexity index is 962. The Morgan fingerprint density at radius 2 is 2.04 bits per heavy atom. The van der Waals surface area contributed by atoms with Gasteiger partial charge in [0.1, 0.15) is 11.8 Å². The number of nitrogens with one attached hydrogen (secondary N) is 1. The van der Waals surface area contributed by atoms with E-state index in [9.17, 15) is 18.3 Å². The Balaban J connectivity index is 1.62. The van der Waals surface area contributed by atoms with Crippen LogP contribution in [0, 0.1) is 0 Å². The molecule has 6 nitrogen and oxygen atoms in total. The molecule has 1 aromatic carbocycles. The van der Waals surface area contributed by atoms with Crippen molar-refractivity contribution >= 4 is 22.5 Å². The number of halogens is 4. The van der Waals surface area contributed by atoms with E-state index in [2.05, 4.69) is 15.4 Å². The van der Waals surface area contributed by atoms with Gasteiger partial charge in [0, 0.05) is 30.6 Å². The Morgan fingerprint density at radius 3 is 2.71 bits per heavy atom. The number of hydrogen-bond donors (Lipinski definition) is 2. The number of para-hydroxylation sites is 1. The summed E-state index contributed by atoms with van der Waals surface area (Å²) in [4.78, 5) is 4.32. The highest BCUT2D eigenvalue weighted by molar-refractivity contribution is 6.30. The zero-order valence-electron chi connectivity index (χ0n) is 14.9. The van der Waals surface area contributed by atoms with Crippen LogP contribution in [-0.4, -0.2) is 39.1 Å². The van der Waals surface area contributed by atoms with Gasteiger partial charge in [0.25, 0.3) is 0 Å². The first kappa shape index (κ1) is 20.4. The number of ether oxygens (including phenoxy) is 1. The summed E-state index contributed by atoms with van der Waals surface area (Å²) in [6, 6.07) is 9.71. The van der Waals surface area contributed by atoms with E-state index < -0.39 is 17.9 Å². The first-order valence-corrected chi connectivity index (χ1v) is 8.78. The fourth-order valence-electron chi connectivity index (χ4n) is 2.60. The van der Waals surface area contributed by atoms with Crippen LogP contribution in [0.1, 0.15) is 11.3 Å². The highest BCUT2D eigenvalue weighted by Gasteiger charge is 2.35. The highest BCUT2D eigenvalue weighted by atomic mass is 35.5. The van der Waals surface area contributed by atoms with Crippen LogP contribution in [0.15, 0.2) is 36.4 Å². The molecule has 0 saturated heterocycles. The summed E-state index contributed by atoms with van der Waals surface area (Å²) >= 11 is 6.21. The fourth-order valence-corrected chi connectivity index (χ4v) is 2.81. The lowest BCUT2D eigenvalue weighted by Gasteiger charge is -2.17. The Morgan fingerprint density at radius 1 is 1.29 bits per heavy atom. The van der Waals surface area contributed by atoms with Gasteiger partial charge in [0.2, 0.25) is 5.88 Å². The van der Waals surface area contributed by atoms with Crippen molar-refractivity contribution in [2.75, 3.05) is 13.2 Å². The van der Waals surface area contributed by atoms with Crippen molar-refractivity contribution in [2.24, 2.45) is 7.05 Å². The topological polar surface area (TPSA) is 72.2 Å². The first-order valence-electron chi connectivity index (χ1n) is 8.40. The maximum absolute atomic E-state index is 12.7. The maximum Gasteiger partial charge on any atom is 0.435 e. The van der Waals surface area contributed by atoms with Crippen molar-refractivity contribution in [3.05, 3.63) is 52.8 Å². The van der Waals surface area contributed by atoms with E-state index in [0.29, 0.717) is 11.7 Å². The molecule has 0 spiro atoms. The maximum atomic E-state index is 12.7. The third kappa shape index (κ3) is 4.73. The zero-order chi connectivity index (χ0) is 20.3. The number of rotatable bonds is 7. The largest absolute Gasteiger partial charge is 0.476 e. The van der Waals surface area contributed by atoms with E-state index in [4.69, 9.17) is 16.3 Å². The molecule has 0 fully saturated rings. The second-order valence-corrected chi connectivity index (χ2v) is 6.55. The molecule has 1 unspecified atom stereocenters. The lowest BCUT2D eigenvalue weighted by molar-refractivity contribution is -0.141. The normalized spacial score (nSPS) is 13.1. The quantitative estimate of drug-likeness (QED) is 0.581. The first-order chi connectivity index (χ1) is 13.3. The average Bonchev–Trinajstić information content (AvgIpc) is 3.03. The number of pyridine rings is 1. The van der Waals surface area contributed by atoms with Crippen molar-refractivity contribution in [3.8, 4) is 5.88 Å². The van der Waals surface area contributed by atoms with Gasteiger partial charge in [0.15, 0.2) is 5.69 Å². The molecule has 0 radical (unpaired) electrons. The van der Waals surface area contributed by atoms with Gasteiger partial charge in [-0.1, -0.05) is 29.8 Å². The summed E-state index contributed by atoms with van der Waals surface area (Å²) in [6.45, 7) is -0.0149.